The largest absolute Gasteiger partial charge is 0.433 e. The average Bonchev–Trinajstić information content (AvgIpc) is 3.08. The maximum Gasteiger partial charge on any atom is 0.433 e. The Morgan fingerprint density at radius 1 is 1.39 bits per heavy atom. The van der Waals surface area contributed by atoms with Gasteiger partial charge in [-0.25, -0.2) is 4.98 Å². The molecule has 18 heavy (non-hydrogen) atoms. The van der Waals surface area contributed by atoms with Gasteiger partial charge in [0.2, 0.25) is 5.95 Å². The van der Waals surface area contributed by atoms with E-state index in [2.05, 4.69) is 20.6 Å². The fourth-order valence-corrected chi connectivity index (χ4v) is 1.51. The van der Waals surface area contributed by atoms with Gasteiger partial charge in [0, 0.05) is 13.1 Å². The molecule has 1 aliphatic carbocycles. The average molecular weight is 262 g/mol. The molecular weight excluding hydrogens is 249 g/mol. The summed E-state index contributed by atoms with van der Waals surface area (Å²) in [5, 5.41) is 14.4. The standard InChI is InChI=1S/C10H13F3N4O/c1-14-8-15-6(10(11,12)13)4-7(16-8)17-9(5-18)2-3-9/h4,18H,2-3,5H2,1H3,(H2,14,15,16,17). The molecule has 0 saturated heterocycles. The smallest absolute Gasteiger partial charge is 0.394 e. The second-order valence-electron chi connectivity index (χ2n) is 4.27. The van der Waals surface area contributed by atoms with Gasteiger partial charge in [-0.05, 0) is 12.8 Å². The van der Waals surface area contributed by atoms with E-state index < -0.39 is 17.4 Å². The van der Waals surface area contributed by atoms with Gasteiger partial charge in [-0.1, -0.05) is 0 Å². The zero-order valence-corrected chi connectivity index (χ0v) is 9.67. The zero-order chi connectivity index (χ0) is 13.4. The highest BCUT2D eigenvalue weighted by molar-refractivity contribution is 5.46. The van der Waals surface area contributed by atoms with E-state index in [-0.39, 0.29) is 18.4 Å². The lowest BCUT2D eigenvalue weighted by Gasteiger charge is -2.17. The lowest BCUT2D eigenvalue weighted by atomic mass is 10.3. The molecule has 3 N–H and O–H groups in total. The molecule has 0 aromatic carbocycles. The van der Waals surface area contributed by atoms with Crippen LogP contribution in [0.15, 0.2) is 6.07 Å². The molecule has 1 fully saturated rings. The van der Waals surface area contributed by atoms with Gasteiger partial charge in [0.1, 0.15) is 5.82 Å². The molecule has 0 amide bonds. The molecule has 1 saturated carbocycles. The topological polar surface area (TPSA) is 70.1 Å². The molecule has 0 atom stereocenters. The predicted molar refractivity (Wildman–Crippen MR) is 59.3 cm³/mol. The molecule has 1 aromatic rings. The molecule has 0 bridgehead atoms. The summed E-state index contributed by atoms with van der Waals surface area (Å²) >= 11 is 0. The molecule has 8 heteroatoms. The zero-order valence-electron chi connectivity index (χ0n) is 9.67. The normalized spacial score (nSPS) is 17.4. The summed E-state index contributed by atoms with van der Waals surface area (Å²) in [5.74, 6) is -0.0470. The molecule has 0 aliphatic heterocycles. The van der Waals surface area contributed by atoms with Gasteiger partial charge in [0.25, 0.3) is 0 Å². The van der Waals surface area contributed by atoms with Crippen molar-refractivity contribution in [1.29, 1.82) is 0 Å². The van der Waals surface area contributed by atoms with E-state index >= 15 is 0 Å². The van der Waals surface area contributed by atoms with Crippen LogP contribution in [0.1, 0.15) is 18.5 Å². The number of nitrogens with one attached hydrogen (secondary N) is 2. The first-order chi connectivity index (χ1) is 8.38. The minimum Gasteiger partial charge on any atom is -0.394 e. The Morgan fingerprint density at radius 2 is 2.06 bits per heavy atom. The molecule has 100 valence electrons. The minimum absolute atomic E-state index is 0.0632. The predicted octanol–water partition coefficient (Wildman–Crippen LogP) is 1.47. The molecular formula is C10H13F3N4O. The van der Waals surface area contributed by atoms with Crippen LogP contribution in [0.5, 0.6) is 0 Å². The number of anilines is 2. The van der Waals surface area contributed by atoms with Crippen molar-refractivity contribution in [2.24, 2.45) is 0 Å². The third-order valence-electron chi connectivity index (χ3n) is 2.79. The number of alkyl halides is 3. The Labute approximate surface area is 101 Å². The molecule has 0 radical (unpaired) electrons. The van der Waals surface area contributed by atoms with Crippen LogP contribution in [0.3, 0.4) is 0 Å². The number of hydrogen-bond acceptors (Lipinski definition) is 5. The Hall–Kier alpha value is -1.57. The van der Waals surface area contributed by atoms with Crippen LogP contribution in [0.4, 0.5) is 24.9 Å². The lowest BCUT2D eigenvalue weighted by molar-refractivity contribution is -0.141. The van der Waals surface area contributed by atoms with E-state index in [1.165, 1.54) is 7.05 Å². The quantitative estimate of drug-likeness (QED) is 0.766. The molecule has 0 spiro atoms. The molecule has 1 aromatic heterocycles. The van der Waals surface area contributed by atoms with Crippen LogP contribution in [-0.4, -0.2) is 34.3 Å². The van der Waals surface area contributed by atoms with E-state index in [1.54, 1.807) is 0 Å². The lowest BCUT2D eigenvalue weighted by Crippen LogP contribution is -2.26. The van der Waals surface area contributed by atoms with E-state index in [0.29, 0.717) is 12.8 Å². The first-order valence-electron chi connectivity index (χ1n) is 5.42. The summed E-state index contributed by atoms with van der Waals surface area (Å²) in [6, 6.07) is 0.844. The highest BCUT2D eigenvalue weighted by Crippen LogP contribution is 2.39. The minimum atomic E-state index is -4.53. The molecule has 1 aliphatic rings. The maximum absolute atomic E-state index is 12.6. The van der Waals surface area contributed by atoms with Gasteiger partial charge in [0.15, 0.2) is 5.69 Å². The summed E-state index contributed by atoms with van der Waals surface area (Å²) < 4.78 is 37.9. The molecule has 2 rings (SSSR count). The van der Waals surface area contributed by atoms with Crippen molar-refractivity contribution in [2.75, 3.05) is 24.3 Å². The summed E-state index contributed by atoms with van der Waals surface area (Å²) in [6.45, 7) is -0.132. The summed E-state index contributed by atoms with van der Waals surface area (Å²) in [5.41, 5.74) is -1.54. The van der Waals surface area contributed by atoms with Crippen molar-refractivity contribution in [1.82, 2.24) is 9.97 Å². The van der Waals surface area contributed by atoms with Crippen molar-refractivity contribution in [2.45, 2.75) is 24.6 Å². The van der Waals surface area contributed by atoms with Gasteiger partial charge in [-0.2, -0.15) is 18.2 Å². The van der Waals surface area contributed by atoms with Crippen LogP contribution in [0.2, 0.25) is 0 Å². The van der Waals surface area contributed by atoms with Crippen molar-refractivity contribution < 1.29 is 18.3 Å². The summed E-state index contributed by atoms with van der Waals surface area (Å²) in [4.78, 5) is 7.24. The number of halogens is 3. The maximum atomic E-state index is 12.6. The Balaban J connectivity index is 2.29. The number of hydrogen-bond donors (Lipinski definition) is 3. The molecule has 0 unspecified atom stereocenters. The van der Waals surface area contributed by atoms with Crippen LogP contribution >= 0.6 is 0 Å². The third kappa shape index (κ3) is 2.63. The van der Waals surface area contributed by atoms with Gasteiger partial charge >= 0.3 is 6.18 Å². The van der Waals surface area contributed by atoms with Crippen LogP contribution in [-0.2, 0) is 6.18 Å². The Kier molecular flexibility index (Phi) is 3.05. The highest BCUT2D eigenvalue weighted by Gasteiger charge is 2.43. The first kappa shape index (κ1) is 12.9. The number of rotatable bonds is 4. The Morgan fingerprint density at radius 3 is 2.50 bits per heavy atom. The van der Waals surface area contributed by atoms with Gasteiger partial charge in [0.05, 0.1) is 12.1 Å². The van der Waals surface area contributed by atoms with Gasteiger partial charge in [-0.15, -0.1) is 0 Å². The van der Waals surface area contributed by atoms with Crippen LogP contribution < -0.4 is 10.6 Å². The SMILES string of the molecule is CNc1nc(NC2(CO)CC2)cc(C(F)(F)F)n1. The van der Waals surface area contributed by atoms with Crippen molar-refractivity contribution in [3.63, 3.8) is 0 Å². The third-order valence-corrected chi connectivity index (χ3v) is 2.79. The number of nitrogens with zero attached hydrogens (tertiary/aromatic N) is 2. The highest BCUT2D eigenvalue weighted by atomic mass is 19.4. The number of aliphatic hydroxyl groups is 1. The van der Waals surface area contributed by atoms with Crippen molar-refractivity contribution in [3.8, 4) is 0 Å². The van der Waals surface area contributed by atoms with E-state index in [0.717, 1.165) is 6.07 Å². The van der Waals surface area contributed by atoms with E-state index in [1.807, 2.05) is 0 Å². The fraction of sp³-hybridized carbons (Fsp3) is 0.600. The molecule has 1 heterocycles. The van der Waals surface area contributed by atoms with Crippen LogP contribution in [0, 0.1) is 0 Å². The van der Waals surface area contributed by atoms with Crippen LogP contribution in [0.25, 0.3) is 0 Å². The summed E-state index contributed by atoms with van der Waals surface area (Å²) in [6.07, 6.45) is -3.10. The Bertz CT molecular complexity index is 445. The number of aromatic nitrogens is 2. The second kappa shape index (κ2) is 4.27. The first-order valence-corrected chi connectivity index (χ1v) is 5.42. The molecule has 5 nitrogen and oxygen atoms in total. The second-order valence-corrected chi connectivity index (χ2v) is 4.27. The van der Waals surface area contributed by atoms with E-state index in [9.17, 15) is 13.2 Å². The van der Waals surface area contributed by atoms with E-state index in [4.69, 9.17) is 5.11 Å². The monoisotopic (exact) mass is 262 g/mol. The van der Waals surface area contributed by atoms with Crippen molar-refractivity contribution >= 4 is 11.8 Å². The number of aliphatic hydroxyl groups excluding tert-OH is 1. The fourth-order valence-electron chi connectivity index (χ4n) is 1.51. The van der Waals surface area contributed by atoms with Gasteiger partial charge < -0.3 is 15.7 Å². The van der Waals surface area contributed by atoms with Gasteiger partial charge in [-0.3, -0.25) is 0 Å². The summed E-state index contributed by atoms with van der Waals surface area (Å²) in [7, 11) is 1.44. The van der Waals surface area contributed by atoms with Crippen molar-refractivity contribution in [3.05, 3.63) is 11.8 Å².